The molecule has 172 valence electrons. The van der Waals surface area contributed by atoms with Crippen LogP contribution in [0.4, 0.5) is 0 Å². The normalized spacial score (nSPS) is 11.9. The molecular weight excluding hydrogens is 442 g/mol. The molecule has 1 aromatic carbocycles. The number of nitrogens with zero attached hydrogens (tertiary/aromatic N) is 3. The lowest BCUT2D eigenvalue weighted by atomic mass is 10.2. The Morgan fingerprint density at radius 1 is 1.24 bits per heavy atom. The van der Waals surface area contributed by atoms with Crippen LogP contribution in [0.1, 0.15) is 45.8 Å². The number of pyridine rings is 1. The van der Waals surface area contributed by atoms with Crippen LogP contribution in [-0.4, -0.2) is 46.3 Å². The molecule has 0 spiro atoms. The lowest BCUT2D eigenvalue weighted by Crippen LogP contribution is -2.31. The molecule has 0 saturated carbocycles. The summed E-state index contributed by atoms with van der Waals surface area (Å²) in [5, 5.41) is 10.5. The Balaban J connectivity index is 1.58. The van der Waals surface area contributed by atoms with Crippen molar-refractivity contribution in [3.8, 4) is 5.75 Å². The average Bonchev–Trinajstić information content (AvgIpc) is 3.25. The molecule has 9 heteroatoms. The summed E-state index contributed by atoms with van der Waals surface area (Å²) < 4.78 is 6.98. The van der Waals surface area contributed by atoms with Gasteiger partial charge in [-0.15, -0.1) is 0 Å². The van der Waals surface area contributed by atoms with Crippen LogP contribution in [0.15, 0.2) is 55.0 Å². The average molecular weight is 468 g/mol. The molecule has 2 aromatic heterocycles. The molecule has 33 heavy (non-hydrogen) atoms. The first-order valence-electron chi connectivity index (χ1n) is 10.5. The third-order valence-corrected chi connectivity index (χ3v) is 5.04. The van der Waals surface area contributed by atoms with Gasteiger partial charge in [-0.2, -0.15) is 5.10 Å². The molecule has 0 aliphatic carbocycles. The van der Waals surface area contributed by atoms with Gasteiger partial charge in [-0.05, 0) is 43.7 Å². The number of benzene rings is 1. The molecule has 2 heterocycles. The van der Waals surface area contributed by atoms with Crippen molar-refractivity contribution in [1.29, 1.82) is 0 Å². The summed E-state index contributed by atoms with van der Waals surface area (Å²) in [4.78, 5) is 28.5. The van der Waals surface area contributed by atoms with Crippen LogP contribution in [-0.2, 0) is 6.54 Å². The maximum Gasteiger partial charge on any atom is 0.269 e. The van der Waals surface area contributed by atoms with Crippen LogP contribution in [0.3, 0.4) is 0 Å². The van der Waals surface area contributed by atoms with Crippen molar-refractivity contribution in [3.05, 3.63) is 82.4 Å². The fraction of sp³-hybridized carbons (Fsp3) is 0.250. The fourth-order valence-corrected chi connectivity index (χ4v) is 3.37. The lowest BCUT2D eigenvalue weighted by Gasteiger charge is -2.10. The number of hydrogen-bond acceptors (Lipinski definition) is 5. The third-order valence-electron chi connectivity index (χ3n) is 4.74. The van der Waals surface area contributed by atoms with Crippen molar-refractivity contribution >= 4 is 29.5 Å². The van der Waals surface area contributed by atoms with E-state index in [2.05, 4.69) is 20.7 Å². The van der Waals surface area contributed by atoms with Gasteiger partial charge in [-0.1, -0.05) is 29.8 Å². The zero-order valence-corrected chi connectivity index (χ0v) is 19.5. The van der Waals surface area contributed by atoms with Gasteiger partial charge in [-0.3, -0.25) is 19.3 Å². The monoisotopic (exact) mass is 467 g/mol. The van der Waals surface area contributed by atoms with Crippen molar-refractivity contribution in [2.45, 2.75) is 26.4 Å². The van der Waals surface area contributed by atoms with Gasteiger partial charge in [0.2, 0.25) is 0 Å². The van der Waals surface area contributed by atoms with Gasteiger partial charge in [0.05, 0.1) is 24.9 Å². The minimum Gasteiger partial charge on any atom is -0.495 e. The highest BCUT2D eigenvalue weighted by molar-refractivity contribution is 6.32. The Hall–Kier alpha value is -3.65. The van der Waals surface area contributed by atoms with Crippen molar-refractivity contribution in [2.75, 3.05) is 13.7 Å². The molecule has 0 aliphatic rings. The summed E-state index contributed by atoms with van der Waals surface area (Å²) in [7, 11) is 1.58. The molecule has 1 atom stereocenters. The summed E-state index contributed by atoms with van der Waals surface area (Å²) >= 11 is 6.19. The molecule has 0 saturated heterocycles. The van der Waals surface area contributed by atoms with Crippen LogP contribution in [0.2, 0.25) is 5.02 Å². The number of methoxy groups -OCH3 is 1. The Morgan fingerprint density at radius 2 is 2.06 bits per heavy atom. The lowest BCUT2D eigenvalue weighted by molar-refractivity contribution is 0.0947. The largest absolute Gasteiger partial charge is 0.495 e. The number of hydrogen-bond donors (Lipinski definition) is 2. The molecule has 3 rings (SSSR count). The van der Waals surface area contributed by atoms with Crippen LogP contribution in [0.25, 0.3) is 6.08 Å². The van der Waals surface area contributed by atoms with E-state index < -0.39 is 0 Å². The second-order valence-corrected chi connectivity index (χ2v) is 7.76. The second-order valence-electron chi connectivity index (χ2n) is 7.35. The number of aromatic nitrogens is 3. The summed E-state index contributed by atoms with van der Waals surface area (Å²) in [6, 6.07) is 8.44. The SMILES string of the molecule is CCNC(=O)c1cc(C(=O)N[C@@H](C)/C=C/c2cnn(Cc3ccc(OC)c(Cl)c3)c2)ccn1. The predicted octanol–water partition coefficient (Wildman–Crippen LogP) is 3.57. The van der Waals surface area contributed by atoms with Gasteiger partial charge < -0.3 is 15.4 Å². The maximum absolute atomic E-state index is 12.5. The number of amides is 2. The highest BCUT2D eigenvalue weighted by Gasteiger charge is 2.12. The maximum atomic E-state index is 12.5. The number of halogens is 1. The Kier molecular flexibility index (Phi) is 8.21. The van der Waals surface area contributed by atoms with E-state index in [9.17, 15) is 9.59 Å². The molecule has 0 fully saturated rings. The quantitative estimate of drug-likeness (QED) is 0.501. The van der Waals surface area contributed by atoms with Gasteiger partial charge in [0.15, 0.2) is 0 Å². The molecular formula is C24H26ClN5O3. The fourth-order valence-electron chi connectivity index (χ4n) is 3.09. The van der Waals surface area contributed by atoms with E-state index in [0.717, 1.165) is 11.1 Å². The Morgan fingerprint density at radius 3 is 2.79 bits per heavy atom. The smallest absolute Gasteiger partial charge is 0.269 e. The number of carbonyl (C=O) groups excluding carboxylic acids is 2. The van der Waals surface area contributed by atoms with Gasteiger partial charge in [0.1, 0.15) is 11.4 Å². The highest BCUT2D eigenvalue weighted by Crippen LogP contribution is 2.25. The van der Waals surface area contributed by atoms with Gasteiger partial charge in [0.25, 0.3) is 11.8 Å². The second kappa shape index (κ2) is 11.3. The minimum absolute atomic E-state index is 0.207. The van der Waals surface area contributed by atoms with Crippen LogP contribution >= 0.6 is 11.6 Å². The van der Waals surface area contributed by atoms with Crippen molar-refractivity contribution in [2.24, 2.45) is 0 Å². The van der Waals surface area contributed by atoms with E-state index in [-0.39, 0.29) is 23.6 Å². The highest BCUT2D eigenvalue weighted by atomic mass is 35.5. The van der Waals surface area contributed by atoms with Gasteiger partial charge in [0, 0.05) is 36.1 Å². The molecule has 8 nitrogen and oxygen atoms in total. The minimum atomic E-state index is -0.311. The zero-order chi connectivity index (χ0) is 23.8. The first kappa shape index (κ1) is 24.0. The Bertz CT molecular complexity index is 1160. The first-order valence-corrected chi connectivity index (χ1v) is 10.9. The van der Waals surface area contributed by atoms with E-state index in [1.807, 2.05) is 50.4 Å². The van der Waals surface area contributed by atoms with E-state index >= 15 is 0 Å². The van der Waals surface area contributed by atoms with E-state index in [1.54, 1.807) is 24.1 Å². The molecule has 2 N–H and O–H groups in total. The van der Waals surface area contributed by atoms with Gasteiger partial charge in [-0.25, -0.2) is 0 Å². The van der Waals surface area contributed by atoms with E-state index in [1.165, 1.54) is 12.3 Å². The van der Waals surface area contributed by atoms with Crippen molar-refractivity contribution in [1.82, 2.24) is 25.4 Å². The molecule has 3 aromatic rings. The van der Waals surface area contributed by atoms with Crippen LogP contribution < -0.4 is 15.4 Å². The standard InChI is InChI=1S/C24H26ClN5O3/c1-4-26-24(32)21-12-19(9-10-27-21)23(31)29-16(2)5-6-18-13-28-30(15-18)14-17-7-8-22(33-3)20(25)11-17/h5-13,15-16H,4,14H2,1-3H3,(H,26,32)(H,29,31)/b6-5+/t16-/m0/s1. The number of nitrogens with one attached hydrogen (secondary N) is 2. The summed E-state index contributed by atoms with van der Waals surface area (Å²) in [5.41, 5.74) is 2.48. The van der Waals surface area contributed by atoms with Crippen LogP contribution in [0, 0.1) is 0 Å². The molecule has 2 amide bonds. The summed E-state index contributed by atoms with van der Waals surface area (Å²) in [6.45, 7) is 4.74. The molecule has 0 unspecified atom stereocenters. The molecule has 0 radical (unpaired) electrons. The van der Waals surface area contributed by atoms with E-state index in [4.69, 9.17) is 16.3 Å². The predicted molar refractivity (Wildman–Crippen MR) is 128 cm³/mol. The third kappa shape index (κ3) is 6.66. The van der Waals surface area contributed by atoms with Crippen LogP contribution in [0.5, 0.6) is 5.75 Å². The first-order chi connectivity index (χ1) is 15.9. The molecule has 0 aliphatic heterocycles. The number of rotatable bonds is 9. The zero-order valence-electron chi connectivity index (χ0n) is 18.7. The van der Waals surface area contributed by atoms with Crippen molar-refractivity contribution < 1.29 is 14.3 Å². The summed E-state index contributed by atoms with van der Waals surface area (Å²) in [6.07, 6.45) is 8.87. The van der Waals surface area contributed by atoms with Crippen molar-refractivity contribution in [3.63, 3.8) is 0 Å². The Labute approximate surface area is 197 Å². The number of ether oxygens (including phenoxy) is 1. The molecule has 0 bridgehead atoms. The topological polar surface area (TPSA) is 98.1 Å². The van der Waals surface area contributed by atoms with Gasteiger partial charge >= 0.3 is 0 Å². The number of carbonyl (C=O) groups is 2. The summed E-state index contributed by atoms with van der Waals surface area (Å²) in [5.74, 6) is 0.0361. The van der Waals surface area contributed by atoms with E-state index in [0.29, 0.717) is 29.4 Å².